The molecule has 0 fully saturated rings. The Bertz CT molecular complexity index is 3740. The van der Waals surface area contributed by atoms with E-state index < -0.39 is 0 Å². The quantitative estimate of drug-likeness (QED) is 0.170. The molecular formula is C50H28N4. The summed E-state index contributed by atoms with van der Waals surface area (Å²) in [6, 6.07) is 61.7. The Morgan fingerprint density at radius 3 is 1.87 bits per heavy atom. The molecule has 0 N–H and O–H groups in total. The van der Waals surface area contributed by atoms with E-state index in [1.165, 1.54) is 75.8 Å². The predicted molar refractivity (Wildman–Crippen MR) is 226 cm³/mol. The molecule has 13 aromatic rings. The van der Waals surface area contributed by atoms with Gasteiger partial charge in [-0.3, -0.25) is 4.57 Å². The lowest BCUT2D eigenvalue weighted by molar-refractivity contribution is 1.02. The lowest BCUT2D eigenvalue weighted by Gasteiger charge is -2.14. The first-order valence-corrected chi connectivity index (χ1v) is 18.5. The molecule has 4 heteroatoms. The Morgan fingerprint density at radius 2 is 1.00 bits per heavy atom. The largest absolute Gasteiger partial charge is 0.308 e. The summed E-state index contributed by atoms with van der Waals surface area (Å²) in [7, 11) is 0. The van der Waals surface area contributed by atoms with Gasteiger partial charge in [0.2, 0.25) is 5.95 Å². The van der Waals surface area contributed by atoms with Crippen molar-refractivity contribution in [1.29, 1.82) is 0 Å². The van der Waals surface area contributed by atoms with Gasteiger partial charge in [0.05, 0.1) is 38.8 Å². The summed E-state index contributed by atoms with van der Waals surface area (Å²) < 4.78 is 4.78. The summed E-state index contributed by atoms with van der Waals surface area (Å²) in [4.78, 5) is 11.0. The zero-order valence-electron chi connectivity index (χ0n) is 29.0. The molecule has 248 valence electrons. The second-order valence-electron chi connectivity index (χ2n) is 14.6. The number of aromatic nitrogens is 4. The Labute approximate surface area is 308 Å². The second kappa shape index (κ2) is 10.2. The van der Waals surface area contributed by atoms with Gasteiger partial charge in [0.15, 0.2) is 0 Å². The molecule has 0 saturated carbocycles. The second-order valence-corrected chi connectivity index (χ2v) is 14.6. The van der Waals surface area contributed by atoms with Gasteiger partial charge in [-0.15, -0.1) is 0 Å². The van der Waals surface area contributed by atoms with Crippen molar-refractivity contribution in [2.24, 2.45) is 0 Å². The molecule has 4 nitrogen and oxygen atoms in total. The van der Waals surface area contributed by atoms with E-state index in [0.29, 0.717) is 5.95 Å². The van der Waals surface area contributed by atoms with Crippen LogP contribution in [0.25, 0.3) is 120 Å². The van der Waals surface area contributed by atoms with E-state index in [9.17, 15) is 0 Å². The number of hydrogen-bond acceptors (Lipinski definition) is 2. The molecule has 0 unspecified atom stereocenters. The molecule has 0 amide bonds. The van der Waals surface area contributed by atoms with Crippen LogP contribution in [-0.4, -0.2) is 18.9 Å². The summed E-state index contributed by atoms with van der Waals surface area (Å²) in [6.07, 6.45) is 0. The Balaban J connectivity index is 1.19. The van der Waals surface area contributed by atoms with Crippen molar-refractivity contribution in [1.82, 2.24) is 18.9 Å². The number of para-hydroxylation sites is 3. The van der Waals surface area contributed by atoms with Gasteiger partial charge < -0.3 is 4.40 Å². The molecule has 0 radical (unpaired) electrons. The summed E-state index contributed by atoms with van der Waals surface area (Å²) >= 11 is 0. The number of hydrogen-bond donors (Lipinski definition) is 0. The molecule has 4 aromatic heterocycles. The minimum absolute atomic E-state index is 0.664. The van der Waals surface area contributed by atoms with Crippen LogP contribution in [0.3, 0.4) is 0 Å². The van der Waals surface area contributed by atoms with Gasteiger partial charge in [0.25, 0.3) is 0 Å². The topological polar surface area (TPSA) is 35.1 Å². The molecule has 0 bridgehead atoms. The van der Waals surface area contributed by atoms with Crippen LogP contribution in [0.15, 0.2) is 170 Å². The van der Waals surface area contributed by atoms with E-state index in [-0.39, 0.29) is 0 Å². The third kappa shape index (κ3) is 3.61. The van der Waals surface area contributed by atoms with Crippen LogP contribution < -0.4 is 0 Å². The lowest BCUT2D eigenvalue weighted by atomic mass is 9.98. The van der Waals surface area contributed by atoms with Crippen LogP contribution in [0.4, 0.5) is 0 Å². The highest BCUT2D eigenvalue weighted by molar-refractivity contribution is 6.27. The zero-order chi connectivity index (χ0) is 35.1. The normalized spacial score (nSPS) is 12.4. The van der Waals surface area contributed by atoms with Crippen LogP contribution in [0.1, 0.15) is 0 Å². The van der Waals surface area contributed by atoms with Crippen molar-refractivity contribution in [2.45, 2.75) is 0 Å². The highest BCUT2D eigenvalue weighted by atomic mass is 15.2. The van der Waals surface area contributed by atoms with E-state index in [0.717, 1.165) is 38.6 Å². The number of benzene rings is 9. The summed E-state index contributed by atoms with van der Waals surface area (Å²) in [5.41, 5.74) is 8.85. The fourth-order valence-electron chi connectivity index (χ4n) is 9.45. The maximum Gasteiger partial charge on any atom is 0.235 e. The molecule has 4 heterocycles. The third-order valence-corrected chi connectivity index (χ3v) is 11.8. The molecule has 9 aromatic carbocycles. The Kier molecular flexibility index (Phi) is 5.34. The SMILES string of the molecule is c1ccc2cc(-c3nc(-n4c5ccccc5c5ccc6cc7c8cccc9c%10ccccc%10n(c7cc6c54)c98)nc4ccc5ccccc5c34)ccc2c1. The minimum atomic E-state index is 0.664. The lowest BCUT2D eigenvalue weighted by Crippen LogP contribution is -2.04. The molecular weight excluding hydrogens is 657 g/mol. The number of fused-ring (bicyclic) bond motifs is 15. The summed E-state index contributed by atoms with van der Waals surface area (Å²) in [5, 5.41) is 15.7. The zero-order valence-corrected chi connectivity index (χ0v) is 29.0. The van der Waals surface area contributed by atoms with Gasteiger partial charge in [0, 0.05) is 48.7 Å². The maximum atomic E-state index is 5.59. The molecule has 0 atom stereocenters. The molecule has 0 spiro atoms. The predicted octanol–water partition coefficient (Wildman–Crippen LogP) is 13.0. The molecule has 0 saturated heterocycles. The highest BCUT2D eigenvalue weighted by Crippen LogP contribution is 2.43. The Morgan fingerprint density at radius 1 is 0.352 bits per heavy atom. The first-order chi connectivity index (χ1) is 26.8. The van der Waals surface area contributed by atoms with Crippen molar-refractivity contribution >= 4 is 103 Å². The summed E-state index contributed by atoms with van der Waals surface area (Å²) in [5.74, 6) is 0.664. The molecule has 0 aliphatic carbocycles. The molecule has 0 aliphatic heterocycles. The first-order valence-electron chi connectivity index (χ1n) is 18.5. The average Bonchev–Trinajstić information content (AvgIpc) is 3.87. The van der Waals surface area contributed by atoms with Crippen molar-refractivity contribution in [2.75, 3.05) is 0 Å². The fraction of sp³-hybridized carbons (Fsp3) is 0. The van der Waals surface area contributed by atoms with Crippen LogP contribution in [0.5, 0.6) is 0 Å². The third-order valence-electron chi connectivity index (χ3n) is 11.8. The van der Waals surface area contributed by atoms with Gasteiger partial charge in [0.1, 0.15) is 0 Å². The monoisotopic (exact) mass is 684 g/mol. The number of nitrogens with zero attached hydrogens (tertiary/aromatic N) is 4. The minimum Gasteiger partial charge on any atom is -0.308 e. The van der Waals surface area contributed by atoms with Crippen LogP contribution in [-0.2, 0) is 0 Å². The van der Waals surface area contributed by atoms with E-state index in [1.54, 1.807) is 0 Å². The summed E-state index contributed by atoms with van der Waals surface area (Å²) in [6.45, 7) is 0. The standard InChI is InChI=1S/C50H28N4/c1-2-12-31-26-33(21-20-29(31)10-1)47-46-34-13-4-3-11-30(34)23-25-42(46)51-50(52-47)54-44-19-8-6-15-36(44)39-24-22-32-27-41-38-17-9-16-37-35-14-5-7-18-43(35)53(48(37)38)45(41)28-40(32)49(39)54/h1-28H. The van der Waals surface area contributed by atoms with Crippen LogP contribution >= 0.6 is 0 Å². The van der Waals surface area contributed by atoms with Crippen molar-refractivity contribution in [3.05, 3.63) is 170 Å². The van der Waals surface area contributed by atoms with Gasteiger partial charge in [-0.2, -0.15) is 0 Å². The fourth-order valence-corrected chi connectivity index (χ4v) is 9.45. The maximum absolute atomic E-state index is 5.59. The first kappa shape index (κ1) is 28.3. The smallest absolute Gasteiger partial charge is 0.235 e. The van der Waals surface area contributed by atoms with E-state index in [2.05, 4.69) is 179 Å². The van der Waals surface area contributed by atoms with Crippen LogP contribution in [0.2, 0.25) is 0 Å². The van der Waals surface area contributed by atoms with Crippen molar-refractivity contribution < 1.29 is 0 Å². The van der Waals surface area contributed by atoms with E-state index in [1.807, 2.05) is 0 Å². The molecule has 54 heavy (non-hydrogen) atoms. The van der Waals surface area contributed by atoms with Gasteiger partial charge in [-0.05, 0) is 63.3 Å². The number of rotatable bonds is 2. The van der Waals surface area contributed by atoms with Crippen molar-refractivity contribution in [3.8, 4) is 17.2 Å². The highest BCUT2D eigenvalue weighted by Gasteiger charge is 2.22. The average molecular weight is 685 g/mol. The van der Waals surface area contributed by atoms with Gasteiger partial charge >= 0.3 is 0 Å². The molecule has 13 rings (SSSR count). The molecule has 0 aliphatic rings. The van der Waals surface area contributed by atoms with Crippen molar-refractivity contribution in [3.63, 3.8) is 0 Å². The van der Waals surface area contributed by atoms with Crippen LogP contribution in [0, 0.1) is 0 Å². The van der Waals surface area contributed by atoms with E-state index >= 15 is 0 Å². The van der Waals surface area contributed by atoms with E-state index in [4.69, 9.17) is 9.97 Å². The van der Waals surface area contributed by atoms with Gasteiger partial charge in [-0.1, -0.05) is 133 Å². The van der Waals surface area contributed by atoms with Gasteiger partial charge in [-0.25, -0.2) is 9.97 Å². The Hall–Kier alpha value is -7.30.